The van der Waals surface area contributed by atoms with Gasteiger partial charge in [0.2, 0.25) is 0 Å². The fraction of sp³-hybridized carbons (Fsp3) is 0.583. The summed E-state index contributed by atoms with van der Waals surface area (Å²) in [6.07, 6.45) is 7.44. The Morgan fingerprint density at radius 1 is 1.40 bits per heavy atom. The molecule has 0 aliphatic heterocycles. The Morgan fingerprint density at radius 2 is 2.27 bits per heavy atom. The number of nitrogens with one attached hydrogen (secondary N) is 1. The van der Waals surface area contributed by atoms with Crippen LogP contribution in [-0.2, 0) is 6.54 Å². The van der Waals surface area contributed by atoms with Gasteiger partial charge in [-0.1, -0.05) is 30.5 Å². The van der Waals surface area contributed by atoms with Gasteiger partial charge in [-0.25, -0.2) is 4.98 Å². The van der Waals surface area contributed by atoms with E-state index < -0.39 is 0 Å². The maximum absolute atomic E-state index is 5.71. The zero-order valence-electron chi connectivity index (χ0n) is 8.88. The van der Waals surface area contributed by atoms with E-state index in [1.165, 1.54) is 31.2 Å². The standard InChI is InChI=1S/C12H17ClN2/c13-12-6-5-11(9-15-12)8-14-7-1-2-10-3-4-10/h5-6,9-10,14H,1-4,7-8H2. The normalized spacial score (nSPS) is 15.5. The van der Waals surface area contributed by atoms with E-state index in [9.17, 15) is 0 Å². The van der Waals surface area contributed by atoms with Crippen LogP contribution in [0.2, 0.25) is 5.15 Å². The van der Waals surface area contributed by atoms with Gasteiger partial charge in [-0.3, -0.25) is 0 Å². The Bertz CT molecular complexity index is 293. The topological polar surface area (TPSA) is 24.9 Å². The molecule has 0 amide bonds. The maximum Gasteiger partial charge on any atom is 0.129 e. The molecule has 0 aromatic carbocycles. The summed E-state index contributed by atoms with van der Waals surface area (Å²) in [5.74, 6) is 1.05. The first-order valence-electron chi connectivity index (χ1n) is 5.66. The lowest BCUT2D eigenvalue weighted by molar-refractivity contribution is 0.593. The lowest BCUT2D eigenvalue weighted by Gasteiger charge is -2.04. The van der Waals surface area contributed by atoms with Gasteiger partial charge >= 0.3 is 0 Å². The Morgan fingerprint density at radius 3 is 2.93 bits per heavy atom. The van der Waals surface area contributed by atoms with Crippen LogP contribution in [0.25, 0.3) is 0 Å². The molecule has 0 atom stereocenters. The quantitative estimate of drug-likeness (QED) is 0.594. The molecule has 0 bridgehead atoms. The van der Waals surface area contributed by atoms with Crippen LogP contribution < -0.4 is 5.32 Å². The molecule has 3 heteroatoms. The molecular weight excluding hydrogens is 208 g/mol. The Labute approximate surface area is 96.1 Å². The second-order valence-electron chi connectivity index (χ2n) is 4.25. The lowest BCUT2D eigenvalue weighted by Crippen LogP contribution is -2.14. The van der Waals surface area contributed by atoms with Crippen molar-refractivity contribution in [3.8, 4) is 0 Å². The molecule has 0 saturated heterocycles. The van der Waals surface area contributed by atoms with Gasteiger partial charge in [0.05, 0.1) is 0 Å². The maximum atomic E-state index is 5.71. The van der Waals surface area contributed by atoms with Gasteiger partial charge in [0.25, 0.3) is 0 Å². The molecule has 1 saturated carbocycles. The van der Waals surface area contributed by atoms with Gasteiger partial charge < -0.3 is 5.32 Å². The van der Waals surface area contributed by atoms with Crippen LogP contribution in [0.5, 0.6) is 0 Å². The first kappa shape index (κ1) is 10.9. The summed E-state index contributed by atoms with van der Waals surface area (Å²) in [6, 6.07) is 3.85. The van der Waals surface area contributed by atoms with E-state index in [0.29, 0.717) is 5.15 Å². The van der Waals surface area contributed by atoms with E-state index >= 15 is 0 Å². The van der Waals surface area contributed by atoms with E-state index in [1.807, 2.05) is 18.3 Å². The number of pyridine rings is 1. The average molecular weight is 225 g/mol. The van der Waals surface area contributed by atoms with Gasteiger partial charge in [-0.15, -0.1) is 0 Å². The first-order valence-corrected chi connectivity index (χ1v) is 6.03. The highest BCUT2D eigenvalue weighted by Crippen LogP contribution is 2.33. The van der Waals surface area contributed by atoms with Crippen molar-refractivity contribution in [1.29, 1.82) is 0 Å². The van der Waals surface area contributed by atoms with E-state index in [1.54, 1.807) is 0 Å². The molecular formula is C12H17ClN2. The van der Waals surface area contributed by atoms with Crippen LogP contribution in [0, 0.1) is 5.92 Å². The number of hydrogen-bond donors (Lipinski definition) is 1. The minimum atomic E-state index is 0.562. The van der Waals surface area contributed by atoms with E-state index in [0.717, 1.165) is 19.0 Å². The average Bonchev–Trinajstić information content (AvgIpc) is 3.04. The van der Waals surface area contributed by atoms with Gasteiger partial charge in [0.1, 0.15) is 5.15 Å². The van der Waals surface area contributed by atoms with Crippen molar-refractivity contribution in [2.24, 2.45) is 5.92 Å². The third-order valence-electron chi connectivity index (χ3n) is 2.78. The fourth-order valence-corrected chi connectivity index (χ4v) is 1.78. The molecule has 1 aliphatic rings. The SMILES string of the molecule is Clc1ccc(CNCCCC2CC2)cn1. The zero-order valence-corrected chi connectivity index (χ0v) is 9.63. The number of nitrogens with zero attached hydrogens (tertiary/aromatic N) is 1. The summed E-state index contributed by atoms with van der Waals surface area (Å²) >= 11 is 5.71. The second kappa shape index (κ2) is 5.47. The van der Waals surface area contributed by atoms with Crippen LogP contribution in [0.3, 0.4) is 0 Å². The summed E-state index contributed by atoms with van der Waals surface area (Å²) < 4.78 is 0. The molecule has 1 N–H and O–H groups in total. The van der Waals surface area contributed by atoms with Crippen LogP contribution in [0.1, 0.15) is 31.2 Å². The largest absolute Gasteiger partial charge is 0.313 e. The van der Waals surface area contributed by atoms with Crippen molar-refractivity contribution in [2.75, 3.05) is 6.54 Å². The molecule has 1 aromatic rings. The number of aromatic nitrogens is 1. The van der Waals surface area contributed by atoms with E-state index in [2.05, 4.69) is 10.3 Å². The highest BCUT2D eigenvalue weighted by atomic mass is 35.5. The van der Waals surface area contributed by atoms with Gasteiger partial charge in [-0.05, 0) is 36.9 Å². The van der Waals surface area contributed by atoms with Crippen molar-refractivity contribution in [1.82, 2.24) is 10.3 Å². The molecule has 1 heterocycles. The number of hydrogen-bond acceptors (Lipinski definition) is 2. The Hall–Kier alpha value is -0.600. The van der Waals surface area contributed by atoms with Crippen molar-refractivity contribution < 1.29 is 0 Å². The lowest BCUT2D eigenvalue weighted by atomic mass is 10.2. The van der Waals surface area contributed by atoms with Crippen LogP contribution >= 0.6 is 11.6 Å². The minimum absolute atomic E-state index is 0.562. The van der Waals surface area contributed by atoms with Crippen molar-refractivity contribution >= 4 is 11.6 Å². The van der Waals surface area contributed by atoms with Crippen molar-refractivity contribution in [3.05, 3.63) is 29.0 Å². The summed E-state index contributed by atoms with van der Waals surface area (Å²) in [5, 5.41) is 3.98. The second-order valence-corrected chi connectivity index (χ2v) is 4.64. The third-order valence-corrected chi connectivity index (χ3v) is 3.00. The summed E-state index contributed by atoms with van der Waals surface area (Å²) in [5.41, 5.74) is 1.20. The van der Waals surface area contributed by atoms with Crippen LogP contribution in [0.4, 0.5) is 0 Å². The summed E-state index contributed by atoms with van der Waals surface area (Å²) in [4.78, 5) is 4.04. The molecule has 0 spiro atoms. The fourth-order valence-electron chi connectivity index (χ4n) is 1.67. The molecule has 0 radical (unpaired) electrons. The molecule has 15 heavy (non-hydrogen) atoms. The van der Waals surface area contributed by atoms with Crippen molar-refractivity contribution in [2.45, 2.75) is 32.2 Å². The predicted octanol–water partition coefficient (Wildman–Crippen LogP) is 3.01. The third kappa shape index (κ3) is 4.18. The van der Waals surface area contributed by atoms with Gasteiger partial charge in [0.15, 0.2) is 0 Å². The molecule has 1 aromatic heterocycles. The van der Waals surface area contributed by atoms with Gasteiger partial charge in [-0.2, -0.15) is 0 Å². The summed E-state index contributed by atoms with van der Waals surface area (Å²) in [6.45, 7) is 2.01. The van der Waals surface area contributed by atoms with Crippen LogP contribution in [-0.4, -0.2) is 11.5 Å². The molecule has 2 rings (SSSR count). The van der Waals surface area contributed by atoms with Crippen molar-refractivity contribution in [3.63, 3.8) is 0 Å². The molecule has 0 unspecified atom stereocenters. The highest BCUT2D eigenvalue weighted by molar-refractivity contribution is 6.29. The number of rotatable bonds is 6. The Balaban J connectivity index is 1.58. The smallest absolute Gasteiger partial charge is 0.129 e. The van der Waals surface area contributed by atoms with Crippen LogP contribution in [0.15, 0.2) is 18.3 Å². The molecule has 2 nitrogen and oxygen atoms in total. The zero-order chi connectivity index (χ0) is 10.5. The van der Waals surface area contributed by atoms with Gasteiger partial charge in [0, 0.05) is 12.7 Å². The van der Waals surface area contributed by atoms with E-state index in [-0.39, 0.29) is 0 Å². The molecule has 82 valence electrons. The first-order chi connectivity index (χ1) is 7.34. The summed E-state index contributed by atoms with van der Waals surface area (Å²) in [7, 11) is 0. The minimum Gasteiger partial charge on any atom is -0.313 e. The molecule has 1 fully saturated rings. The molecule has 1 aliphatic carbocycles. The van der Waals surface area contributed by atoms with E-state index in [4.69, 9.17) is 11.6 Å². The predicted molar refractivity (Wildman–Crippen MR) is 62.9 cm³/mol. The monoisotopic (exact) mass is 224 g/mol. The highest BCUT2D eigenvalue weighted by Gasteiger charge is 2.19. The number of halogens is 1. The Kier molecular flexibility index (Phi) is 3.98.